The minimum atomic E-state index is -0.511. The van der Waals surface area contributed by atoms with Crippen molar-refractivity contribution in [3.8, 4) is 0 Å². The monoisotopic (exact) mass is 220 g/mol. The first-order chi connectivity index (χ1) is 7.69. The predicted octanol–water partition coefficient (Wildman–Crippen LogP) is 0.402. The lowest BCUT2D eigenvalue weighted by molar-refractivity contribution is -0.163. The van der Waals surface area contributed by atoms with Crippen molar-refractivity contribution in [2.24, 2.45) is 0 Å². The van der Waals surface area contributed by atoms with Gasteiger partial charge >= 0.3 is 0 Å². The number of amides is 1. The highest BCUT2D eigenvalue weighted by Crippen LogP contribution is 2.05. The van der Waals surface area contributed by atoms with Crippen LogP contribution in [0.1, 0.15) is 5.69 Å². The highest BCUT2D eigenvalue weighted by molar-refractivity contribution is 6.00. The Hall–Kier alpha value is -1.97. The molecule has 0 N–H and O–H groups in total. The van der Waals surface area contributed by atoms with Crippen molar-refractivity contribution < 1.29 is 14.4 Å². The fourth-order valence-electron chi connectivity index (χ4n) is 1.11. The minimum absolute atomic E-state index is 0.0111. The zero-order valence-corrected chi connectivity index (χ0v) is 9.14. The molecule has 1 aromatic rings. The van der Waals surface area contributed by atoms with Gasteiger partial charge in [0.15, 0.2) is 0 Å². The van der Waals surface area contributed by atoms with E-state index in [0.29, 0.717) is 5.69 Å². The molecule has 0 aromatic carbocycles. The summed E-state index contributed by atoms with van der Waals surface area (Å²) in [4.78, 5) is 31.0. The largest absolute Gasteiger partial charge is 0.284 e. The van der Waals surface area contributed by atoms with Crippen LogP contribution in [0.5, 0.6) is 0 Å². The first-order valence-electron chi connectivity index (χ1n) is 4.65. The molecule has 0 aliphatic rings. The Kier molecular flexibility index (Phi) is 4.39. The van der Waals surface area contributed by atoms with E-state index in [1.165, 1.54) is 14.2 Å². The van der Waals surface area contributed by atoms with Gasteiger partial charge in [-0.1, -0.05) is 6.07 Å². The molecule has 0 radical (unpaired) electrons. The lowest BCUT2D eigenvalue weighted by atomic mass is 10.1. The fourth-order valence-corrected chi connectivity index (χ4v) is 1.11. The molecule has 5 heteroatoms. The van der Waals surface area contributed by atoms with Gasteiger partial charge in [0.2, 0.25) is 0 Å². The standard InChI is InChI=1S/C11H12N2O3/c1-13(16-2)11(15)9(8-14)7-10-5-3-4-6-12-10/h3-6H,7H2,1-2H3. The average Bonchev–Trinajstić information content (AvgIpc) is 2.35. The van der Waals surface area contributed by atoms with Crippen LogP contribution in [-0.4, -0.2) is 36.1 Å². The van der Waals surface area contributed by atoms with Crippen LogP contribution in [0.25, 0.3) is 0 Å². The Morgan fingerprint density at radius 2 is 2.31 bits per heavy atom. The minimum Gasteiger partial charge on any atom is -0.274 e. The lowest BCUT2D eigenvalue weighted by Gasteiger charge is -2.13. The molecule has 0 saturated heterocycles. The summed E-state index contributed by atoms with van der Waals surface area (Å²) < 4.78 is 0. The number of aromatic nitrogens is 1. The summed E-state index contributed by atoms with van der Waals surface area (Å²) in [5.41, 5.74) is 0.627. The second-order valence-electron chi connectivity index (χ2n) is 3.06. The maximum Gasteiger partial charge on any atom is 0.284 e. The number of rotatable bonds is 4. The molecule has 1 rings (SSSR count). The third kappa shape index (κ3) is 3.02. The van der Waals surface area contributed by atoms with Gasteiger partial charge in [-0.3, -0.25) is 14.6 Å². The van der Waals surface area contributed by atoms with Crippen LogP contribution in [0, 0.1) is 0 Å². The topological polar surface area (TPSA) is 59.5 Å². The smallest absolute Gasteiger partial charge is 0.274 e. The van der Waals surface area contributed by atoms with Crippen molar-refractivity contribution in [2.45, 2.75) is 6.42 Å². The Morgan fingerprint density at radius 1 is 1.56 bits per heavy atom. The molecule has 5 nitrogen and oxygen atoms in total. The van der Waals surface area contributed by atoms with E-state index in [1.807, 2.05) is 0 Å². The molecule has 1 heterocycles. The van der Waals surface area contributed by atoms with Gasteiger partial charge < -0.3 is 0 Å². The molecule has 0 atom stereocenters. The second kappa shape index (κ2) is 5.80. The van der Waals surface area contributed by atoms with Crippen LogP contribution in [0.15, 0.2) is 30.0 Å². The molecule has 1 aromatic heterocycles. The first-order valence-corrected chi connectivity index (χ1v) is 4.65. The predicted molar refractivity (Wildman–Crippen MR) is 56.9 cm³/mol. The number of hydrogen-bond acceptors (Lipinski definition) is 4. The van der Waals surface area contributed by atoms with E-state index in [2.05, 4.69) is 4.98 Å². The van der Waals surface area contributed by atoms with Crippen LogP contribution in [-0.2, 0) is 20.8 Å². The van der Waals surface area contributed by atoms with Gasteiger partial charge in [0.25, 0.3) is 5.91 Å². The number of pyridine rings is 1. The Labute approximate surface area is 93.3 Å². The van der Waals surface area contributed by atoms with Gasteiger partial charge in [0, 0.05) is 25.4 Å². The van der Waals surface area contributed by atoms with Crippen molar-refractivity contribution in [3.63, 3.8) is 0 Å². The summed E-state index contributed by atoms with van der Waals surface area (Å²) in [5.74, 6) is 1.11. The summed E-state index contributed by atoms with van der Waals surface area (Å²) >= 11 is 0. The van der Waals surface area contributed by atoms with E-state index in [4.69, 9.17) is 4.84 Å². The van der Waals surface area contributed by atoms with Gasteiger partial charge in [-0.2, -0.15) is 0 Å². The summed E-state index contributed by atoms with van der Waals surface area (Å²) in [6, 6.07) is 5.28. The molecule has 0 saturated carbocycles. The first kappa shape index (κ1) is 12.1. The highest BCUT2D eigenvalue weighted by atomic mass is 16.7. The van der Waals surface area contributed by atoms with E-state index < -0.39 is 5.91 Å². The normalized spacial score (nSPS) is 9.38. The summed E-state index contributed by atoms with van der Waals surface area (Å²) in [6.07, 6.45) is 1.75. The number of likely N-dealkylation sites (N-methyl/N-ethyl adjacent to an activating group) is 1. The Bertz CT molecular complexity index is 410. The molecule has 0 bridgehead atoms. The van der Waals surface area contributed by atoms with Crippen LogP contribution < -0.4 is 0 Å². The van der Waals surface area contributed by atoms with Crippen molar-refractivity contribution in [1.82, 2.24) is 10.0 Å². The summed E-state index contributed by atoms with van der Waals surface area (Å²) in [5, 5.41) is 0.975. The number of carbonyl (C=O) groups is 1. The van der Waals surface area contributed by atoms with E-state index >= 15 is 0 Å². The van der Waals surface area contributed by atoms with Gasteiger partial charge in [-0.15, -0.1) is 0 Å². The van der Waals surface area contributed by atoms with Gasteiger partial charge in [-0.25, -0.2) is 9.86 Å². The van der Waals surface area contributed by atoms with Crippen molar-refractivity contribution in [1.29, 1.82) is 0 Å². The van der Waals surface area contributed by atoms with Crippen molar-refractivity contribution in [3.05, 3.63) is 35.7 Å². The Morgan fingerprint density at radius 3 is 2.81 bits per heavy atom. The molecule has 0 unspecified atom stereocenters. The lowest BCUT2D eigenvalue weighted by Crippen LogP contribution is -2.28. The third-order valence-corrected chi connectivity index (χ3v) is 2.03. The Balaban J connectivity index is 2.79. The van der Waals surface area contributed by atoms with Crippen molar-refractivity contribution >= 4 is 11.8 Å². The van der Waals surface area contributed by atoms with Crippen LogP contribution in [0.2, 0.25) is 0 Å². The van der Waals surface area contributed by atoms with E-state index in [1.54, 1.807) is 30.3 Å². The van der Waals surface area contributed by atoms with E-state index in [9.17, 15) is 9.59 Å². The number of nitrogens with zero attached hydrogens (tertiary/aromatic N) is 2. The summed E-state index contributed by atoms with van der Waals surface area (Å²) in [6.45, 7) is 0. The number of hydrogen-bond donors (Lipinski definition) is 0. The van der Waals surface area contributed by atoms with E-state index in [-0.39, 0.29) is 12.0 Å². The number of carbonyl (C=O) groups excluding carboxylic acids is 2. The SMILES string of the molecule is CON(C)C(=O)C(=C=O)Cc1ccccn1. The van der Waals surface area contributed by atoms with Gasteiger partial charge in [0.1, 0.15) is 11.5 Å². The van der Waals surface area contributed by atoms with Crippen molar-refractivity contribution in [2.75, 3.05) is 14.2 Å². The second-order valence-corrected chi connectivity index (χ2v) is 3.06. The van der Waals surface area contributed by atoms with E-state index in [0.717, 1.165) is 5.06 Å². The quantitative estimate of drug-likeness (QED) is 0.418. The third-order valence-electron chi connectivity index (χ3n) is 2.03. The molecule has 0 aliphatic carbocycles. The number of hydroxylamine groups is 2. The maximum absolute atomic E-state index is 11.6. The molecular formula is C11H12N2O3. The zero-order chi connectivity index (χ0) is 12.0. The summed E-state index contributed by atoms with van der Waals surface area (Å²) in [7, 11) is 2.78. The van der Waals surface area contributed by atoms with Gasteiger partial charge in [-0.05, 0) is 12.1 Å². The maximum atomic E-state index is 11.6. The molecule has 0 fully saturated rings. The molecule has 84 valence electrons. The van der Waals surface area contributed by atoms with Crippen LogP contribution in [0.4, 0.5) is 0 Å². The molecule has 16 heavy (non-hydrogen) atoms. The molecular weight excluding hydrogens is 208 g/mol. The van der Waals surface area contributed by atoms with Gasteiger partial charge in [0.05, 0.1) is 7.11 Å². The molecule has 1 amide bonds. The molecule has 0 aliphatic heterocycles. The fraction of sp³-hybridized carbons (Fsp3) is 0.273. The van der Waals surface area contributed by atoms with Crippen LogP contribution >= 0.6 is 0 Å². The average molecular weight is 220 g/mol. The zero-order valence-electron chi connectivity index (χ0n) is 9.14. The van der Waals surface area contributed by atoms with Crippen LogP contribution in [0.3, 0.4) is 0 Å². The highest BCUT2D eigenvalue weighted by Gasteiger charge is 2.16. The molecule has 0 spiro atoms.